The summed E-state index contributed by atoms with van der Waals surface area (Å²) in [6, 6.07) is 20.8. The number of carbonyl (C=O) groups excluding carboxylic acids is 1. The largest absolute Gasteiger partial charge is 0.298 e. The van der Waals surface area contributed by atoms with Crippen LogP contribution in [0.3, 0.4) is 0 Å². The van der Waals surface area contributed by atoms with Crippen molar-refractivity contribution in [1.29, 1.82) is 0 Å². The molecule has 0 unspecified atom stereocenters. The molecule has 100 valence electrons. The molecule has 0 amide bonds. The van der Waals surface area contributed by atoms with Gasteiger partial charge in [0.1, 0.15) is 0 Å². The van der Waals surface area contributed by atoms with Gasteiger partial charge in [0.05, 0.1) is 5.41 Å². The Bertz CT molecular complexity index is 590. The molecule has 2 fully saturated rings. The molecule has 20 heavy (non-hydrogen) atoms. The molecule has 0 aliphatic heterocycles. The van der Waals surface area contributed by atoms with Crippen LogP contribution in [0.2, 0.25) is 0 Å². The molecule has 0 radical (unpaired) electrons. The molecule has 2 aromatic rings. The van der Waals surface area contributed by atoms with Gasteiger partial charge in [-0.2, -0.15) is 0 Å². The van der Waals surface area contributed by atoms with Crippen LogP contribution in [-0.4, -0.2) is 5.78 Å². The summed E-state index contributed by atoms with van der Waals surface area (Å²) < 4.78 is 0. The first kappa shape index (κ1) is 11.9. The summed E-state index contributed by atoms with van der Waals surface area (Å²) in [7, 11) is 0. The quantitative estimate of drug-likeness (QED) is 0.800. The molecule has 0 bridgehead atoms. The number of Topliss-reactive ketones (excluding diaryl/α,β-unsaturated/α-hetero) is 1. The minimum atomic E-state index is -0.371. The third-order valence-electron chi connectivity index (χ3n) is 5.26. The molecule has 2 aliphatic carbocycles. The Morgan fingerprint density at radius 2 is 1.35 bits per heavy atom. The smallest absolute Gasteiger partial charge is 0.151 e. The van der Waals surface area contributed by atoms with Crippen molar-refractivity contribution in [3.8, 4) is 0 Å². The van der Waals surface area contributed by atoms with Gasteiger partial charge in [-0.15, -0.1) is 0 Å². The highest BCUT2D eigenvalue weighted by molar-refractivity contribution is 6.02. The number of hydrogen-bond donors (Lipinski definition) is 0. The molecular formula is C19H18O. The van der Waals surface area contributed by atoms with E-state index >= 15 is 0 Å². The summed E-state index contributed by atoms with van der Waals surface area (Å²) in [6.45, 7) is 0. The van der Waals surface area contributed by atoms with Crippen LogP contribution in [0.5, 0.6) is 0 Å². The van der Waals surface area contributed by atoms with E-state index in [0.717, 1.165) is 6.42 Å². The van der Waals surface area contributed by atoms with Gasteiger partial charge >= 0.3 is 0 Å². The van der Waals surface area contributed by atoms with Gasteiger partial charge in [-0.1, -0.05) is 67.1 Å². The fraction of sp³-hybridized carbons (Fsp3) is 0.316. The second kappa shape index (κ2) is 4.31. The van der Waals surface area contributed by atoms with Gasteiger partial charge in [0.2, 0.25) is 0 Å². The summed E-state index contributed by atoms with van der Waals surface area (Å²) in [5, 5.41) is 0. The van der Waals surface area contributed by atoms with E-state index in [1.165, 1.54) is 24.0 Å². The van der Waals surface area contributed by atoms with Crippen molar-refractivity contribution in [2.45, 2.75) is 24.7 Å². The van der Waals surface area contributed by atoms with Gasteiger partial charge in [-0.3, -0.25) is 4.79 Å². The molecule has 2 aliphatic rings. The molecule has 0 saturated heterocycles. The Balaban J connectivity index is 1.93. The third-order valence-corrected chi connectivity index (χ3v) is 5.26. The van der Waals surface area contributed by atoms with Crippen LogP contribution in [0.25, 0.3) is 0 Å². The first-order valence-electron chi connectivity index (χ1n) is 7.50. The number of carbonyl (C=O) groups is 1. The van der Waals surface area contributed by atoms with Gasteiger partial charge in [-0.25, -0.2) is 0 Å². The second-order valence-electron chi connectivity index (χ2n) is 6.05. The van der Waals surface area contributed by atoms with Crippen molar-refractivity contribution in [3.05, 3.63) is 71.8 Å². The van der Waals surface area contributed by atoms with Crippen LogP contribution in [0.15, 0.2) is 60.7 Å². The Kier molecular flexibility index (Phi) is 2.56. The lowest BCUT2D eigenvalue weighted by Crippen LogP contribution is -2.59. The summed E-state index contributed by atoms with van der Waals surface area (Å²) >= 11 is 0. The Hall–Kier alpha value is -1.89. The third kappa shape index (κ3) is 1.35. The molecule has 4 rings (SSSR count). The van der Waals surface area contributed by atoms with Crippen molar-refractivity contribution < 1.29 is 4.79 Å². The average Bonchev–Trinajstić information content (AvgIpc) is 2.95. The highest BCUT2D eigenvalue weighted by Crippen LogP contribution is 2.60. The van der Waals surface area contributed by atoms with Crippen molar-refractivity contribution in [2.75, 3.05) is 0 Å². The van der Waals surface area contributed by atoms with Crippen molar-refractivity contribution in [1.82, 2.24) is 0 Å². The lowest BCUT2D eigenvalue weighted by Gasteiger charge is -2.51. The zero-order valence-electron chi connectivity index (χ0n) is 11.5. The Morgan fingerprint density at radius 1 is 0.800 bits per heavy atom. The van der Waals surface area contributed by atoms with Crippen LogP contribution in [0.4, 0.5) is 0 Å². The zero-order chi connectivity index (χ0) is 13.6. The maximum Gasteiger partial charge on any atom is 0.151 e. The first-order chi connectivity index (χ1) is 9.85. The first-order valence-corrected chi connectivity index (χ1v) is 7.50. The van der Waals surface area contributed by atoms with E-state index in [4.69, 9.17) is 0 Å². The molecule has 0 aromatic heterocycles. The summed E-state index contributed by atoms with van der Waals surface area (Å²) in [5.41, 5.74) is 1.99. The molecule has 0 spiro atoms. The highest BCUT2D eigenvalue weighted by atomic mass is 16.1. The van der Waals surface area contributed by atoms with Gasteiger partial charge < -0.3 is 0 Å². The lowest BCUT2D eigenvalue weighted by molar-refractivity contribution is -0.141. The molecule has 1 nitrogen and oxygen atoms in total. The van der Waals surface area contributed by atoms with Gasteiger partial charge in [0, 0.05) is 5.92 Å². The number of rotatable bonds is 2. The number of fused-ring (bicyclic) bond motifs is 1. The van der Waals surface area contributed by atoms with E-state index in [1.54, 1.807) is 0 Å². The van der Waals surface area contributed by atoms with Crippen LogP contribution >= 0.6 is 0 Å². The minimum absolute atomic E-state index is 0.301. The van der Waals surface area contributed by atoms with Crippen molar-refractivity contribution >= 4 is 5.78 Å². The lowest BCUT2D eigenvalue weighted by atomic mass is 9.48. The molecular weight excluding hydrogens is 244 g/mol. The van der Waals surface area contributed by atoms with E-state index in [1.807, 2.05) is 12.1 Å². The predicted octanol–water partition coefficient (Wildman–Crippen LogP) is 3.97. The number of benzene rings is 2. The second-order valence-corrected chi connectivity index (χ2v) is 6.05. The van der Waals surface area contributed by atoms with Crippen LogP contribution < -0.4 is 0 Å². The normalized spacial score (nSPS) is 26.9. The fourth-order valence-corrected chi connectivity index (χ4v) is 4.45. The summed E-state index contributed by atoms with van der Waals surface area (Å²) in [4.78, 5) is 13.0. The van der Waals surface area contributed by atoms with E-state index in [9.17, 15) is 4.79 Å². The van der Waals surface area contributed by atoms with Crippen LogP contribution in [-0.2, 0) is 10.2 Å². The standard InChI is InChI=1S/C19H18O/c20-18-16-12-7-13-17(16)19(18,14-8-3-1-4-9-14)15-10-5-2-6-11-15/h1-6,8-11,16-17H,7,12-13H2/t16-,17-/m0/s1. The molecule has 1 heteroatoms. The summed E-state index contributed by atoms with van der Waals surface area (Å²) in [6.07, 6.45) is 3.47. The van der Waals surface area contributed by atoms with Crippen molar-refractivity contribution in [2.24, 2.45) is 11.8 Å². The van der Waals surface area contributed by atoms with Gasteiger partial charge in [0.25, 0.3) is 0 Å². The molecule has 2 saturated carbocycles. The average molecular weight is 262 g/mol. The van der Waals surface area contributed by atoms with E-state index in [0.29, 0.717) is 17.6 Å². The minimum Gasteiger partial charge on any atom is -0.298 e. The molecule has 2 atom stereocenters. The summed E-state index contributed by atoms with van der Waals surface area (Å²) in [5.74, 6) is 1.24. The number of ketones is 1. The Morgan fingerprint density at radius 3 is 1.90 bits per heavy atom. The molecule has 0 N–H and O–H groups in total. The SMILES string of the molecule is O=C1[C@H]2CCC[C@@H]2C1(c1ccccc1)c1ccccc1. The maximum absolute atomic E-state index is 13.0. The van der Waals surface area contributed by atoms with Gasteiger partial charge in [-0.05, 0) is 29.9 Å². The van der Waals surface area contributed by atoms with Crippen LogP contribution in [0.1, 0.15) is 30.4 Å². The van der Waals surface area contributed by atoms with Crippen molar-refractivity contribution in [3.63, 3.8) is 0 Å². The van der Waals surface area contributed by atoms with Crippen LogP contribution in [0, 0.1) is 11.8 Å². The van der Waals surface area contributed by atoms with Gasteiger partial charge in [0.15, 0.2) is 5.78 Å². The Labute approximate surface area is 119 Å². The maximum atomic E-state index is 13.0. The topological polar surface area (TPSA) is 17.1 Å². The van der Waals surface area contributed by atoms with E-state index in [2.05, 4.69) is 48.5 Å². The molecule has 0 heterocycles. The van der Waals surface area contributed by atoms with E-state index < -0.39 is 0 Å². The monoisotopic (exact) mass is 262 g/mol. The predicted molar refractivity (Wildman–Crippen MR) is 79.5 cm³/mol. The zero-order valence-corrected chi connectivity index (χ0v) is 11.5. The highest BCUT2D eigenvalue weighted by Gasteiger charge is 2.64. The van der Waals surface area contributed by atoms with E-state index in [-0.39, 0.29) is 5.41 Å². The molecule has 2 aromatic carbocycles. The number of hydrogen-bond acceptors (Lipinski definition) is 1. The fourth-order valence-electron chi connectivity index (χ4n) is 4.45.